The smallest absolute Gasteiger partial charge is 0.339 e. The molecule has 2 aromatic rings. The third-order valence-corrected chi connectivity index (χ3v) is 6.12. The molecule has 1 N–H and O–H groups in total. The van der Waals surface area contributed by atoms with E-state index in [1.54, 1.807) is 30.3 Å². The van der Waals surface area contributed by atoms with Crippen molar-refractivity contribution in [1.82, 2.24) is 0 Å². The van der Waals surface area contributed by atoms with Gasteiger partial charge in [0.1, 0.15) is 5.75 Å². The highest BCUT2D eigenvalue weighted by Gasteiger charge is 2.36. The van der Waals surface area contributed by atoms with Gasteiger partial charge in [-0.3, -0.25) is 9.10 Å². The molecule has 0 saturated heterocycles. The Kier molecular flexibility index (Phi) is 6.00. The number of hydrogen-bond acceptors (Lipinski definition) is 6. The molecule has 1 aliphatic heterocycles. The number of carbonyl (C=O) groups is 2. The summed E-state index contributed by atoms with van der Waals surface area (Å²) >= 11 is 0. The summed E-state index contributed by atoms with van der Waals surface area (Å²) in [6, 6.07) is 11.7. The van der Waals surface area contributed by atoms with E-state index in [0.717, 1.165) is 11.8 Å². The van der Waals surface area contributed by atoms with Crippen LogP contribution in [-0.2, 0) is 25.0 Å². The van der Waals surface area contributed by atoms with Crippen LogP contribution in [0, 0.1) is 0 Å². The van der Waals surface area contributed by atoms with Gasteiger partial charge in [0.15, 0.2) is 6.10 Å². The Bertz CT molecular complexity index is 1120. The van der Waals surface area contributed by atoms with Gasteiger partial charge in [-0.15, -0.1) is 0 Å². The maximum atomic E-state index is 12.9. The van der Waals surface area contributed by atoms with Gasteiger partial charge in [0.2, 0.25) is 10.0 Å². The summed E-state index contributed by atoms with van der Waals surface area (Å²) in [5, 5.41) is 2.65. The van der Waals surface area contributed by atoms with Crippen LogP contribution in [0.2, 0.25) is 0 Å². The van der Waals surface area contributed by atoms with E-state index in [0.29, 0.717) is 11.4 Å². The van der Waals surface area contributed by atoms with Crippen molar-refractivity contribution in [3.8, 4) is 5.75 Å². The number of methoxy groups -OCH3 is 1. The molecular formula is C22H26N2O6S. The van der Waals surface area contributed by atoms with Crippen LogP contribution in [0.5, 0.6) is 5.75 Å². The van der Waals surface area contributed by atoms with Gasteiger partial charge in [0.25, 0.3) is 5.91 Å². The molecule has 1 aliphatic rings. The molecule has 166 valence electrons. The number of anilines is 2. The topological polar surface area (TPSA) is 102 Å². The summed E-state index contributed by atoms with van der Waals surface area (Å²) in [6.45, 7) is 5.89. The van der Waals surface area contributed by atoms with Crippen LogP contribution in [0.4, 0.5) is 11.4 Å². The molecule has 8 nitrogen and oxygen atoms in total. The van der Waals surface area contributed by atoms with Crippen molar-refractivity contribution < 1.29 is 27.5 Å². The highest BCUT2D eigenvalue weighted by molar-refractivity contribution is 7.92. The summed E-state index contributed by atoms with van der Waals surface area (Å²) in [7, 11) is -2.42. The maximum Gasteiger partial charge on any atom is 0.339 e. The third kappa shape index (κ3) is 4.82. The van der Waals surface area contributed by atoms with E-state index >= 15 is 0 Å². The number of sulfonamides is 1. The molecule has 0 bridgehead atoms. The van der Waals surface area contributed by atoms with E-state index in [1.807, 2.05) is 26.8 Å². The second-order valence-corrected chi connectivity index (χ2v) is 10.3. The molecule has 0 saturated carbocycles. The number of rotatable bonds is 4. The fourth-order valence-electron chi connectivity index (χ4n) is 3.26. The zero-order valence-corrected chi connectivity index (χ0v) is 18.9. The zero-order chi connectivity index (χ0) is 23.0. The number of benzene rings is 2. The van der Waals surface area contributed by atoms with E-state index < -0.39 is 28.0 Å². The lowest BCUT2D eigenvalue weighted by Gasteiger charge is -2.35. The van der Waals surface area contributed by atoms with E-state index in [9.17, 15) is 18.0 Å². The molecule has 1 atom stereocenters. The number of nitrogens with zero attached hydrogens (tertiary/aromatic N) is 1. The number of ether oxygens (including phenoxy) is 2. The van der Waals surface area contributed by atoms with Crippen LogP contribution >= 0.6 is 0 Å². The molecule has 2 aromatic carbocycles. The van der Waals surface area contributed by atoms with Crippen molar-refractivity contribution in [2.24, 2.45) is 0 Å². The first kappa shape index (κ1) is 22.6. The lowest BCUT2D eigenvalue weighted by atomic mass is 9.86. The SMILES string of the molecule is COC(=O)c1ccccc1NC(=O)[C@H]1CN(S(C)(=O)=O)c2cc(C(C)(C)C)ccc2O1. The van der Waals surface area contributed by atoms with Crippen LogP contribution < -0.4 is 14.4 Å². The van der Waals surface area contributed by atoms with Crippen LogP contribution in [0.25, 0.3) is 0 Å². The molecule has 0 unspecified atom stereocenters. The highest BCUT2D eigenvalue weighted by atomic mass is 32.2. The van der Waals surface area contributed by atoms with Crippen molar-refractivity contribution in [2.45, 2.75) is 32.3 Å². The molecule has 0 fully saturated rings. The van der Waals surface area contributed by atoms with Gasteiger partial charge >= 0.3 is 5.97 Å². The average Bonchev–Trinajstić information content (AvgIpc) is 2.70. The normalized spacial score (nSPS) is 16.2. The minimum Gasteiger partial charge on any atom is -0.476 e. The molecule has 0 aliphatic carbocycles. The van der Waals surface area contributed by atoms with Crippen LogP contribution in [0.15, 0.2) is 42.5 Å². The lowest BCUT2D eigenvalue weighted by molar-refractivity contribution is -0.122. The van der Waals surface area contributed by atoms with Gasteiger partial charge in [-0.2, -0.15) is 0 Å². The van der Waals surface area contributed by atoms with Crippen molar-refractivity contribution >= 4 is 33.3 Å². The molecule has 0 spiro atoms. The van der Waals surface area contributed by atoms with Gasteiger partial charge in [0, 0.05) is 0 Å². The Morgan fingerprint density at radius 2 is 1.84 bits per heavy atom. The molecule has 0 aromatic heterocycles. The summed E-state index contributed by atoms with van der Waals surface area (Å²) in [6.07, 6.45) is -0.0127. The number of para-hydroxylation sites is 1. The summed E-state index contributed by atoms with van der Waals surface area (Å²) < 4.78 is 36.8. The Hall–Kier alpha value is -3.07. The number of carbonyl (C=O) groups excluding carboxylic acids is 2. The summed E-state index contributed by atoms with van der Waals surface area (Å²) in [5.74, 6) is -0.875. The van der Waals surface area contributed by atoms with Gasteiger partial charge in [0.05, 0.1) is 36.8 Å². The van der Waals surface area contributed by atoms with Crippen molar-refractivity contribution in [3.05, 3.63) is 53.6 Å². The van der Waals surface area contributed by atoms with Crippen LogP contribution in [-0.4, -0.2) is 46.3 Å². The predicted octanol–water partition coefficient (Wildman–Crippen LogP) is 2.94. The van der Waals surface area contributed by atoms with Crippen LogP contribution in [0.3, 0.4) is 0 Å². The van der Waals surface area contributed by atoms with Crippen molar-refractivity contribution in [2.75, 3.05) is 29.5 Å². The third-order valence-electron chi connectivity index (χ3n) is 4.98. The monoisotopic (exact) mass is 446 g/mol. The first-order valence-electron chi connectivity index (χ1n) is 9.69. The molecular weight excluding hydrogens is 420 g/mol. The van der Waals surface area contributed by atoms with Gasteiger partial charge in [-0.25, -0.2) is 13.2 Å². The van der Waals surface area contributed by atoms with Gasteiger partial charge in [-0.05, 0) is 35.2 Å². The fourth-order valence-corrected chi connectivity index (χ4v) is 4.17. The molecule has 9 heteroatoms. The molecule has 1 heterocycles. The second kappa shape index (κ2) is 8.22. The standard InChI is InChI=1S/C22H26N2O6S/c1-22(2,3)14-10-11-18-17(12-14)24(31(5,27)28)13-19(30-18)20(25)23-16-9-7-6-8-15(16)21(26)29-4/h6-12,19H,13H2,1-5H3,(H,23,25)/t19-/m1/s1. The number of nitrogens with one attached hydrogen (secondary N) is 1. The average molecular weight is 447 g/mol. The fraction of sp³-hybridized carbons (Fsp3) is 0.364. The van der Waals surface area contributed by atoms with E-state index in [-0.39, 0.29) is 23.2 Å². The zero-order valence-electron chi connectivity index (χ0n) is 18.1. The number of amides is 1. The Balaban J connectivity index is 1.93. The van der Waals surface area contributed by atoms with Crippen molar-refractivity contribution in [3.63, 3.8) is 0 Å². The molecule has 0 radical (unpaired) electrons. The maximum absolute atomic E-state index is 12.9. The quantitative estimate of drug-likeness (QED) is 0.725. The number of fused-ring (bicyclic) bond motifs is 1. The first-order chi connectivity index (χ1) is 14.4. The molecule has 31 heavy (non-hydrogen) atoms. The van der Waals surface area contributed by atoms with Gasteiger partial charge in [-0.1, -0.05) is 39.0 Å². The summed E-state index contributed by atoms with van der Waals surface area (Å²) in [4.78, 5) is 24.9. The Morgan fingerprint density at radius 3 is 2.45 bits per heavy atom. The minimum absolute atomic E-state index is 0.185. The predicted molar refractivity (Wildman–Crippen MR) is 118 cm³/mol. The summed E-state index contributed by atoms with van der Waals surface area (Å²) in [5.41, 5.74) is 1.59. The Morgan fingerprint density at radius 1 is 1.16 bits per heavy atom. The Labute approximate surface area is 182 Å². The molecule has 3 rings (SSSR count). The second-order valence-electron chi connectivity index (χ2n) is 8.36. The largest absolute Gasteiger partial charge is 0.476 e. The van der Waals surface area contributed by atoms with E-state index in [1.165, 1.54) is 17.5 Å². The van der Waals surface area contributed by atoms with Crippen LogP contribution in [0.1, 0.15) is 36.7 Å². The number of hydrogen-bond donors (Lipinski definition) is 1. The lowest BCUT2D eigenvalue weighted by Crippen LogP contribution is -2.48. The number of esters is 1. The van der Waals surface area contributed by atoms with E-state index in [4.69, 9.17) is 9.47 Å². The van der Waals surface area contributed by atoms with E-state index in [2.05, 4.69) is 5.32 Å². The molecule has 1 amide bonds. The highest BCUT2D eigenvalue weighted by Crippen LogP contribution is 2.38. The minimum atomic E-state index is -3.67. The van der Waals surface area contributed by atoms with Gasteiger partial charge < -0.3 is 14.8 Å². The van der Waals surface area contributed by atoms with Crippen molar-refractivity contribution in [1.29, 1.82) is 0 Å². The first-order valence-corrected chi connectivity index (χ1v) is 11.5.